The molecule has 0 aliphatic heterocycles. The molecule has 0 spiro atoms. The second kappa shape index (κ2) is 4.62. The van der Waals surface area contributed by atoms with Gasteiger partial charge in [-0.05, 0) is 55.4 Å². The molecule has 2 fully saturated rings. The lowest BCUT2D eigenvalue weighted by Gasteiger charge is -2.14. The van der Waals surface area contributed by atoms with Crippen molar-refractivity contribution >= 4 is 27.5 Å². The van der Waals surface area contributed by atoms with Crippen LogP contribution in [0.3, 0.4) is 0 Å². The minimum absolute atomic E-state index is 0.115. The van der Waals surface area contributed by atoms with E-state index in [0.29, 0.717) is 11.8 Å². The summed E-state index contributed by atoms with van der Waals surface area (Å²) in [5.41, 5.74) is 1.93. The number of halogens is 1. The highest BCUT2D eigenvalue weighted by molar-refractivity contribution is 9.10. The van der Waals surface area contributed by atoms with Crippen LogP contribution >= 0.6 is 15.9 Å². The normalized spacial score (nSPS) is 32.6. The fraction of sp³-hybridized carbons (Fsp3) is 0.562. The zero-order chi connectivity index (χ0) is 13.6. The first kappa shape index (κ1) is 13.2. The van der Waals surface area contributed by atoms with Gasteiger partial charge in [-0.15, -0.1) is 0 Å². The van der Waals surface area contributed by atoms with E-state index in [1.807, 2.05) is 25.1 Å². The number of rotatable bonds is 2. The molecule has 0 aromatic heterocycles. The molecule has 2 unspecified atom stereocenters. The quantitative estimate of drug-likeness (QED) is 0.852. The van der Waals surface area contributed by atoms with E-state index in [4.69, 9.17) is 0 Å². The molecular formula is C16H20BrNO. The first-order chi connectivity index (χ1) is 9.03. The van der Waals surface area contributed by atoms with Crippen LogP contribution in [0.15, 0.2) is 22.7 Å². The molecule has 102 valence electrons. The molecule has 1 N–H and O–H groups in total. The Bertz CT molecular complexity index is 513. The Labute approximate surface area is 123 Å². The van der Waals surface area contributed by atoms with Gasteiger partial charge >= 0.3 is 0 Å². The van der Waals surface area contributed by atoms with Gasteiger partial charge in [-0.3, -0.25) is 4.79 Å². The second-order valence-corrected chi connectivity index (χ2v) is 7.11. The van der Waals surface area contributed by atoms with Gasteiger partial charge in [0.15, 0.2) is 0 Å². The molecule has 19 heavy (non-hydrogen) atoms. The number of carbonyl (C=O) groups is 1. The van der Waals surface area contributed by atoms with E-state index >= 15 is 0 Å². The third-order valence-corrected chi connectivity index (χ3v) is 5.62. The fourth-order valence-electron chi connectivity index (χ4n) is 3.79. The summed E-state index contributed by atoms with van der Waals surface area (Å²) in [6.07, 6.45) is 5.05. The van der Waals surface area contributed by atoms with Crippen LogP contribution in [0.5, 0.6) is 0 Å². The predicted octanol–water partition coefficient (Wildman–Crippen LogP) is 4.52. The van der Waals surface area contributed by atoms with Crippen molar-refractivity contribution in [1.29, 1.82) is 0 Å². The van der Waals surface area contributed by atoms with E-state index in [2.05, 4.69) is 28.2 Å². The highest BCUT2D eigenvalue weighted by Gasteiger charge is 2.65. The summed E-state index contributed by atoms with van der Waals surface area (Å²) in [4.78, 5) is 12.6. The fourth-order valence-corrected chi connectivity index (χ4v) is 4.27. The zero-order valence-corrected chi connectivity index (χ0v) is 13.1. The van der Waals surface area contributed by atoms with Gasteiger partial charge in [0.1, 0.15) is 0 Å². The van der Waals surface area contributed by atoms with Gasteiger partial charge in [0.25, 0.3) is 0 Å². The molecule has 2 aliphatic rings. The van der Waals surface area contributed by atoms with Crippen molar-refractivity contribution in [2.45, 2.75) is 39.5 Å². The number of nitrogens with one attached hydrogen (secondary N) is 1. The van der Waals surface area contributed by atoms with Crippen molar-refractivity contribution < 1.29 is 4.79 Å². The summed E-state index contributed by atoms with van der Waals surface area (Å²) < 4.78 is 1.05. The molecule has 0 heterocycles. The number of hydrogen-bond acceptors (Lipinski definition) is 1. The number of amides is 1. The lowest BCUT2D eigenvalue weighted by atomic mass is 10.0. The lowest BCUT2D eigenvalue weighted by molar-refractivity contribution is -0.121. The van der Waals surface area contributed by atoms with E-state index in [1.54, 1.807) is 0 Å². The maximum absolute atomic E-state index is 12.6. The summed E-state index contributed by atoms with van der Waals surface area (Å²) >= 11 is 3.45. The maximum atomic E-state index is 12.6. The Morgan fingerprint density at radius 2 is 1.95 bits per heavy atom. The standard InChI is InChI=1S/C16H20BrNO/c1-10-9-11(17)7-8-14(10)18-15(19)16(2)12-5-3-4-6-13(12)16/h7-9,12-13H,3-6H2,1-2H3,(H,18,19). The summed E-state index contributed by atoms with van der Waals surface area (Å²) in [5.74, 6) is 1.46. The smallest absolute Gasteiger partial charge is 0.230 e. The Balaban J connectivity index is 1.75. The molecule has 2 aliphatic carbocycles. The molecule has 3 heteroatoms. The molecule has 3 rings (SSSR count). The minimum Gasteiger partial charge on any atom is -0.325 e. The highest BCUT2D eigenvalue weighted by atomic mass is 79.9. The van der Waals surface area contributed by atoms with Crippen LogP contribution in [0.4, 0.5) is 5.69 Å². The molecule has 2 saturated carbocycles. The summed E-state index contributed by atoms with van der Waals surface area (Å²) in [5, 5.41) is 3.14. The number of carbonyl (C=O) groups excluding carboxylic acids is 1. The first-order valence-electron chi connectivity index (χ1n) is 7.11. The molecule has 1 aromatic rings. The van der Waals surface area contributed by atoms with Crippen molar-refractivity contribution in [1.82, 2.24) is 0 Å². The molecule has 1 aromatic carbocycles. The van der Waals surface area contributed by atoms with Gasteiger partial charge in [0, 0.05) is 10.2 Å². The van der Waals surface area contributed by atoms with Crippen molar-refractivity contribution in [3.05, 3.63) is 28.2 Å². The third-order valence-electron chi connectivity index (χ3n) is 5.12. The van der Waals surface area contributed by atoms with Crippen LogP contribution < -0.4 is 5.32 Å². The summed E-state index contributed by atoms with van der Waals surface area (Å²) in [7, 11) is 0. The molecular weight excluding hydrogens is 302 g/mol. The predicted molar refractivity (Wildman–Crippen MR) is 81.1 cm³/mol. The molecule has 0 saturated heterocycles. The van der Waals surface area contributed by atoms with Gasteiger partial charge < -0.3 is 5.32 Å². The SMILES string of the molecule is Cc1cc(Br)ccc1NC(=O)C1(C)C2CCCCC21. The van der Waals surface area contributed by atoms with Gasteiger partial charge in [-0.25, -0.2) is 0 Å². The number of fused-ring (bicyclic) bond motifs is 1. The van der Waals surface area contributed by atoms with Crippen LogP contribution in [-0.2, 0) is 4.79 Å². The highest BCUT2D eigenvalue weighted by Crippen LogP contribution is 2.65. The maximum Gasteiger partial charge on any atom is 0.230 e. The summed E-state index contributed by atoms with van der Waals surface area (Å²) in [6, 6.07) is 6.00. The van der Waals surface area contributed by atoms with Gasteiger partial charge in [0.05, 0.1) is 5.41 Å². The Morgan fingerprint density at radius 1 is 1.32 bits per heavy atom. The van der Waals surface area contributed by atoms with E-state index in [0.717, 1.165) is 15.7 Å². The van der Waals surface area contributed by atoms with Crippen LogP contribution in [0.2, 0.25) is 0 Å². The molecule has 1 amide bonds. The molecule has 2 nitrogen and oxygen atoms in total. The number of anilines is 1. The second-order valence-electron chi connectivity index (χ2n) is 6.19. The monoisotopic (exact) mass is 321 g/mol. The first-order valence-corrected chi connectivity index (χ1v) is 7.90. The number of hydrogen-bond donors (Lipinski definition) is 1. The zero-order valence-electron chi connectivity index (χ0n) is 11.5. The van der Waals surface area contributed by atoms with E-state index in [-0.39, 0.29) is 11.3 Å². The Morgan fingerprint density at radius 3 is 2.53 bits per heavy atom. The van der Waals surface area contributed by atoms with Crippen LogP contribution in [0, 0.1) is 24.2 Å². The Kier molecular flexibility index (Phi) is 3.20. The topological polar surface area (TPSA) is 29.1 Å². The lowest BCUT2D eigenvalue weighted by Crippen LogP contribution is -2.24. The average Bonchev–Trinajstić information content (AvgIpc) is 3.01. The average molecular weight is 322 g/mol. The van der Waals surface area contributed by atoms with Crippen molar-refractivity contribution in [3.63, 3.8) is 0 Å². The molecule has 0 bridgehead atoms. The van der Waals surface area contributed by atoms with E-state index < -0.39 is 0 Å². The van der Waals surface area contributed by atoms with E-state index in [1.165, 1.54) is 25.7 Å². The molecule has 0 radical (unpaired) electrons. The van der Waals surface area contributed by atoms with E-state index in [9.17, 15) is 4.79 Å². The number of aryl methyl sites for hydroxylation is 1. The minimum atomic E-state index is -0.115. The van der Waals surface area contributed by atoms with Gasteiger partial charge in [-0.1, -0.05) is 35.7 Å². The van der Waals surface area contributed by atoms with Crippen molar-refractivity contribution in [2.24, 2.45) is 17.3 Å². The third kappa shape index (κ3) is 2.12. The van der Waals surface area contributed by atoms with Crippen LogP contribution in [0.25, 0.3) is 0 Å². The summed E-state index contributed by atoms with van der Waals surface area (Å²) in [6.45, 7) is 4.18. The van der Waals surface area contributed by atoms with Crippen molar-refractivity contribution in [3.8, 4) is 0 Å². The van der Waals surface area contributed by atoms with Crippen LogP contribution in [0.1, 0.15) is 38.2 Å². The van der Waals surface area contributed by atoms with Gasteiger partial charge in [0.2, 0.25) is 5.91 Å². The molecule has 2 atom stereocenters. The van der Waals surface area contributed by atoms with Crippen molar-refractivity contribution in [2.75, 3.05) is 5.32 Å². The van der Waals surface area contributed by atoms with Crippen LogP contribution in [-0.4, -0.2) is 5.91 Å². The van der Waals surface area contributed by atoms with Gasteiger partial charge in [-0.2, -0.15) is 0 Å². The largest absolute Gasteiger partial charge is 0.325 e. The Hall–Kier alpha value is -0.830. The number of benzene rings is 1.